The molecule has 0 atom stereocenters. The molecule has 0 bridgehead atoms. The summed E-state index contributed by atoms with van der Waals surface area (Å²) >= 11 is 0. The van der Waals surface area contributed by atoms with Crippen LogP contribution in [0.2, 0.25) is 0 Å². The Balaban J connectivity index is 0.000000136. The Morgan fingerprint density at radius 1 is 0.265 bits per heavy atom. The van der Waals surface area contributed by atoms with E-state index < -0.39 is 0 Å². The van der Waals surface area contributed by atoms with Crippen LogP contribution in [0.3, 0.4) is 0 Å². The van der Waals surface area contributed by atoms with Gasteiger partial charge in [-0.3, -0.25) is 0 Å². The average molecular weight is 637 g/mol. The van der Waals surface area contributed by atoms with Gasteiger partial charge < -0.3 is 0 Å². The average Bonchev–Trinajstić information content (AvgIpc) is 3.16. The van der Waals surface area contributed by atoms with Crippen LogP contribution in [0.25, 0.3) is 64.6 Å². The van der Waals surface area contributed by atoms with Gasteiger partial charge >= 0.3 is 0 Å². The minimum Gasteiger partial charge on any atom is -0.0683 e. The predicted molar refractivity (Wildman–Crippen MR) is 221 cm³/mol. The number of benzene rings is 9. The summed E-state index contributed by atoms with van der Waals surface area (Å²) in [6, 6.07) is 58.5. The van der Waals surface area contributed by atoms with Gasteiger partial charge in [0.1, 0.15) is 0 Å². The Hall–Kier alpha value is -5.46. The zero-order chi connectivity index (χ0) is 34.8. The van der Waals surface area contributed by atoms with E-state index in [2.05, 4.69) is 185 Å². The molecule has 0 radical (unpaired) electrons. The van der Waals surface area contributed by atoms with Gasteiger partial charge in [-0.05, 0) is 127 Å². The summed E-state index contributed by atoms with van der Waals surface area (Å²) in [6.07, 6.45) is 0. The molecule has 0 fully saturated rings. The van der Waals surface area contributed by atoms with E-state index in [1.807, 2.05) is 27.7 Å². The zero-order valence-corrected chi connectivity index (χ0v) is 30.1. The summed E-state index contributed by atoms with van der Waals surface area (Å²) in [6.45, 7) is 14.5. The van der Waals surface area contributed by atoms with Crippen LogP contribution in [0.15, 0.2) is 164 Å². The van der Waals surface area contributed by atoms with Crippen LogP contribution in [0.4, 0.5) is 0 Å². The summed E-state index contributed by atoms with van der Waals surface area (Å²) in [7, 11) is 0. The molecule has 0 heterocycles. The van der Waals surface area contributed by atoms with Crippen molar-refractivity contribution in [2.24, 2.45) is 0 Å². The molecule has 9 aromatic rings. The van der Waals surface area contributed by atoms with E-state index in [0.29, 0.717) is 0 Å². The maximum Gasteiger partial charge on any atom is -0.0148 e. The third kappa shape index (κ3) is 7.99. The lowest BCUT2D eigenvalue weighted by Crippen LogP contribution is -1.81. The summed E-state index contributed by atoms with van der Waals surface area (Å²) in [5, 5.41) is 16.0. The Kier molecular flexibility index (Phi) is 11.8. The van der Waals surface area contributed by atoms with Gasteiger partial charge in [0.25, 0.3) is 0 Å². The highest BCUT2D eigenvalue weighted by Crippen LogP contribution is 2.28. The highest BCUT2D eigenvalue weighted by atomic mass is 14.1. The normalized spacial score (nSPS) is 10.3. The Morgan fingerprint density at radius 3 is 1.18 bits per heavy atom. The van der Waals surface area contributed by atoms with E-state index in [1.165, 1.54) is 81.3 Å². The van der Waals surface area contributed by atoms with Crippen molar-refractivity contribution in [3.63, 3.8) is 0 Å². The topological polar surface area (TPSA) is 0 Å². The molecule has 0 nitrogen and oxygen atoms in total. The first-order valence-electron chi connectivity index (χ1n) is 17.7. The molecule has 0 spiro atoms. The molecule has 0 aliphatic heterocycles. The molecule has 0 aliphatic rings. The molecule has 0 amide bonds. The standard InChI is InChI=1S/3C15H12.2C2H6/c1-11-14-8-4-2-6-12(14)10-13-7-3-5-9-15(11)13;1-11-5-4-8-14-9-12-6-2-3-7-13(12)10-15(11)14;1-11-6-7-14-9-12-4-2-3-5-13(12)10-15(14)8-11;2*1-2/h3*2-10H,1H3;2*1-2H3. The third-order valence-electron chi connectivity index (χ3n) is 8.87. The van der Waals surface area contributed by atoms with Crippen LogP contribution in [0, 0.1) is 20.8 Å². The minimum atomic E-state index is 1.31. The van der Waals surface area contributed by atoms with Crippen LogP contribution < -0.4 is 0 Å². The molecule has 9 rings (SSSR count). The van der Waals surface area contributed by atoms with Crippen molar-refractivity contribution in [3.05, 3.63) is 180 Å². The Morgan fingerprint density at radius 2 is 0.633 bits per heavy atom. The van der Waals surface area contributed by atoms with Crippen molar-refractivity contribution in [2.45, 2.75) is 48.5 Å². The summed E-state index contributed by atoms with van der Waals surface area (Å²) < 4.78 is 0. The lowest BCUT2D eigenvalue weighted by molar-refractivity contribution is 1.50. The van der Waals surface area contributed by atoms with Crippen LogP contribution in [0.5, 0.6) is 0 Å². The van der Waals surface area contributed by atoms with Crippen molar-refractivity contribution in [1.82, 2.24) is 0 Å². The van der Waals surface area contributed by atoms with Gasteiger partial charge in [0, 0.05) is 0 Å². The molecule has 9 aromatic carbocycles. The molecule has 244 valence electrons. The smallest absolute Gasteiger partial charge is 0.0148 e. The molecule has 0 heteroatoms. The molecular formula is C49H48. The largest absolute Gasteiger partial charge is 0.0683 e. The fraction of sp³-hybridized carbons (Fsp3) is 0.143. The highest BCUT2D eigenvalue weighted by Gasteiger charge is 2.02. The van der Waals surface area contributed by atoms with Gasteiger partial charge in [0.2, 0.25) is 0 Å². The maximum absolute atomic E-state index is 2.28. The molecular weight excluding hydrogens is 589 g/mol. The van der Waals surface area contributed by atoms with Crippen molar-refractivity contribution >= 4 is 64.6 Å². The maximum atomic E-state index is 2.28. The number of fused-ring (bicyclic) bond motifs is 6. The second kappa shape index (κ2) is 16.6. The SMILES string of the molecule is CC.CC.Cc1c2ccccc2cc2ccccc12.Cc1ccc2cc3ccccc3cc2c1.Cc1cccc2cc3ccccc3cc12. The molecule has 0 aromatic heterocycles. The van der Waals surface area contributed by atoms with Gasteiger partial charge in [-0.15, -0.1) is 0 Å². The fourth-order valence-corrected chi connectivity index (χ4v) is 6.42. The molecule has 49 heavy (non-hydrogen) atoms. The van der Waals surface area contributed by atoms with Crippen LogP contribution in [-0.4, -0.2) is 0 Å². The van der Waals surface area contributed by atoms with E-state index in [1.54, 1.807) is 0 Å². The first kappa shape index (κ1) is 34.9. The van der Waals surface area contributed by atoms with Gasteiger partial charge in [0.05, 0.1) is 0 Å². The van der Waals surface area contributed by atoms with E-state index >= 15 is 0 Å². The monoisotopic (exact) mass is 636 g/mol. The lowest BCUT2D eigenvalue weighted by atomic mass is 9.98. The Bertz CT molecular complexity index is 2370. The minimum absolute atomic E-state index is 1.31. The second-order valence-electron chi connectivity index (χ2n) is 12.0. The van der Waals surface area contributed by atoms with Crippen LogP contribution in [0.1, 0.15) is 44.4 Å². The van der Waals surface area contributed by atoms with Crippen molar-refractivity contribution in [2.75, 3.05) is 0 Å². The quantitative estimate of drug-likeness (QED) is 0.145. The molecule has 0 N–H and O–H groups in total. The number of rotatable bonds is 0. The molecule has 0 aliphatic carbocycles. The first-order chi connectivity index (χ1) is 24.0. The van der Waals surface area contributed by atoms with Crippen molar-refractivity contribution in [3.8, 4) is 0 Å². The van der Waals surface area contributed by atoms with Gasteiger partial charge in [-0.2, -0.15) is 0 Å². The summed E-state index contributed by atoms with van der Waals surface area (Å²) in [4.78, 5) is 0. The molecule has 0 unspecified atom stereocenters. The zero-order valence-electron chi connectivity index (χ0n) is 30.1. The predicted octanol–water partition coefficient (Wildman–Crippen LogP) is 15.0. The van der Waals surface area contributed by atoms with Crippen LogP contribution in [-0.2, 0) is 0 Å². The number of hydrogen-bond donors (Lipinski definition) is 0. The van der Waals surface area contributed by atoms with E-state index in [9.17, 15) is 0 Å². The van der Waals surface area contributed by atoms with Gasteiger partial charge in [0.15, 0.2) is 0 Å². The van der Waals surface area contributed by atoms with E-state index in [-0.39, 0.29) is 0 Å². The van der Waals surface area contributed by atoms with Gasteiger partial charge in [-0.1, -0.05) is 167 Å². The second-order valence-corrected chi connectivity index (χ2v) is 12.0. The molecule has 0 saturated carbocycles. The number of aryl methyl sites for hydroxylation is 3. The van der Waals surface area contributed by atoms with E-state index in [4.69, 9.17) is 0 Å². The Labute approximate surface area is 292 Å². The summed E-state index contributed by atoms with van der Waals surface area (Å²) in [5.41, 5.74) is 4.04. The van der Waals surface area contributed by atoms with Crippen molar-refractivity contribution < 1.29 is 0 Å². The third-order valence-corrected chi connectivity index (χ3v) is 8.87. The lowest BCUT2D eigenvalue weighted by Gasteiger charge is -2.06. The molecule has 0 saturated heterocycles. The first-order valence-corrected chi connectivity index (χ1v) is 17.7. The fourth-order valence-electron chi connectivity index (χ4n) is 6.42. The van der Waals surface area contributed by atoms with E-state index in [0.717, 1.165) is 0 Å². The summed E-state index contributed by atoms with van der Waals surface area (Å²) in [5.74, 6) is 0. The highest BCUT2D eigenvalue weighted by molar-refractivity contribution is 6.02. The van der Waals surface area contributed by atoms with Crippen LogP contribution >= 0.6 is 0 Å². The van der Waals surface area contributed by atoms with Crippen molar-refractivity contribution in [1.29, 1.82) is 0 Å². The van der Waals surface area contributed by atoms with Gasteiger partial charge in [-0.25, -0.2) is 0 Å². The number of hydrogen-bond acceptors (Lipinski definition) is 0.